The maximum Gasteiger partial charge on any atom is 0.119 e. The van der Waals surface area contributed by atoms with Crippen LogP contribution in [0.25, 0.3) is 0 Å². The van der Waals surface area contributed by atoms with Crippen molar-refractivity contribution in [1.82, 2.24) is 0 Å². The zero-order chi connectivity index (χ0) is 13.9. The fourth-order valence-electron chi connectivity index (χ4n) is 1.68. The summed E-state index contributed by atoms with van der Waals surface area (Å²) in [7, 11) is 0. The summed E-state index contributed by atoms with van der Waals surface area (Å²) in [4.78, 5) is 0. The highest BCUT2D eigenvalue weighted by molar-refractivity contribution is 6.18. The monoisotopic (exact) mass is 285 g/mol. The van der Waals surface area contributed by atoms with Gasteiger partial charge in [-0.2, -0.15) is 0 Å². The standard InChI is InChI=1S/C15H24ClNO2/c1-2-3-4-5-10-19-15-8-6-13(7-9-15)17-12-14(18)11-16/h6-9,14,17-18H,2-5,10-12H2,1H3. The van der Waals surface area contributed by atoms with E-state index in [0.29, 0.717) is 6.54 Å². The molecule has 0 saturated heterocycles. The molecule has 0 bridgehead atoms. The van der Waals surface area contributed by atoms with Crippen molar-refractivity contribution in [2.75, 3.05) is 24.3 Å². The van der Waals surface area contributed by atoms with Gasteiger partial charge in [-0.25, -0.2) is 0 Å². The van der Waals surface area contributed by atoms with Crippen LogP contribution in [-0.2, 0) is 0 Å². The first-order valence-corrected chi connectivity index (χ1v) is 7.50. The lowest BCUT2D eigenvalue weighted by atomic mass is 10.2. The third kappa shape index (κ3) is 7.28. The van der Waals surface area contributed by atoms with Crippen LogP contribution in [0.2, 0.25) is 0 Å². The number of hydrogen-bond donors (Lipinski definition) is 2. The van der Waals surface area contributed by atoms with Crippen molar-refractivity contribution < 1.29 is 9.84 Å². The van der Waals surface area contributed by atoms with Gasteiger partial charge in [0.15, 0.2) is 0 Å². The molecule has 2 N–H and O–H groups in total. The van der Waals surface area contributed by atoms with Gasteiger partial charge in [-0.3, -0.25) is 0 Å². The molecule has 0 saturated carbocycles. The second kappa shape index (κ2) is 9.93. The third-order valence-corrected chi connectivity index (χ3v) is 3.20. The molecule has 0 heterocycles. The summed E-state index contributed by atoms with van der Waals surface area (Å²) < 4.78 is 5.66. The summed E-state index contributed by atoms with van der Waals surface area (Å²) in [5.74, 6) is 1.13. The van der Waals surface area contributed by atoms with Crippen molar-refractivity contribution in [2.24, 2.45) is 0 Å². The van der Waals surface area contributed by atoms with E-state index in [2.05, 4.69) is 12.2 Å². The number of unbranched alkanes of at least 4 members (excludes halogenated alkanes) is 3. The molecule has 0 spiro atoms. The molecular weight excluding hydrogens is 262 g/mol. The highest BCUT2D eigenvalue weighted by Crippen LogP contribution is 2.16. The Bertz CT molecular complexity index is 329. The molecule has 3 nitrogen and oxygen atoms in total. The minimum Gasteiger partial charge on any atom is -0.494 e. The Hall–Kier alpha value is -0.930. The van der Waals surface area contributed by atoms with E-state index in [4.69, 9.17) is 16.3 Å². The van der Waals surface area contributed by atoms with Crippen LogP contribution in [0.5, 0.6) is 5.75 Å². The van der Waals surface area contributed by atoms with Gasteiger partial charge in [-0.15, -0.1) is 11.6 Å². The molecule has 108 valence electrons. The minimum absolute atomic E-state index is 0.242. The minimum atomic E-state index is -0.517. The number of ether oxygens (including phenoxy) is 1. The van der Waals surface area contributed by atoms with Crippen LogP contribution in [0.15, 0.2) is 24.3 Å². The van der Waals surface area contributed by atoms with Crippen LogP contribution in [0.3, 0.4) is 0 Å². The molecule has 0 aliphatic rings. The van der Waals surface area contributed by atoms with E-state index < -0.39 is 6.10 Å². The number of aliphatic hydroxyl groups is 1. The maximum absolute atomic E-state index is 9.34. The molecule has 1 rings (SSSR count). The van der Waals surface area contributed by atoms with Gasteiger partial charge in [0.05, 0.1) is 18.6 Å². The molecule has 1 aromatic carbocycles. The number of benzene rings is 1. The Morgan fingerprint density at radius 3 is 2.58 bits per heavy atom. The Balaban J connectivity index is 2.23. The molecule has 4 heteroatoms. The van der Waals surface area contributed by atoms with Gasteiger partial charge in [-0.1, -0.05) is 26.2 Å². The van der Waals surface area contributed by atoms with Crippen LogP contribution in [-0.4, -0.2) is 30.2 Å². The topological polar surface area (TPSA) is 41.5 Å². The first kappa shape index (κ1) is 16.1. The summed E-state index contributed by atoms with van der Waals surface area (Å²) in [6.07, 6.45) is 4.34. The summed E-state index contributed by atoms with van der Waals surface area (Å²) in [5.41, 5.74) is 0.961. The predicted octanol–water partition coefficient (Wildman–Crippen LogP) is 3.66. The van der Waals surface area contributed by atoms with Crippen LogP contribution >= 0.6 is 11.6 Å². The Morgan fingerprint density at radius 1 is 1.21 bits per heavy atom. The lowest BCUT2D eigenvalue weighted by molar-refractivity contribution is 0.211. The number of alkyl halides is 1. The SMILES string of the molecule is CCCCCCOc1ccc(NCC(O)CCl)cc1. The molecule has 1 aromatic rings. The van der Waals surface area contributed by atoms with Crippen molar-refractivity contribution in [3.05, 3.63) is 24.3 Å². The summed E-state index contributed by atoms with van der Waals surface area (Å²) in [6, 6.07) is 7.77. The average Bonchev–Trinajstić information content (AvgIpc) is 2.45. The van der Waals surface area contributed by atoms with Crippen LogP contribution < -0.4 is 10.1 Å². The molecule has 0 aliphatic heterocycles. The van der Waals surface area contributed by atoms with E-state index in [1.54, 1.807) is 0 Å². The number of halogens is 1. The molecule has 19 heavy (non-hydrogen) atoms. The number of anilines is 1. The van der Waals surface area contributed by atoms with Gasteiger partial charge in [0, 0.05) is 12.2 Å². The summed E-state index contributed by atoms with van der Waals surface area (Å²) in [6.45, 7) is 3.44. The van der Waals surface area contributed by atoms with Crippen LogP contribution in [0, 0.1) is 0 Å². The van der Waals surface area contributed by atoms with E-state index in [9.17, 15) is 5.11 Å². The van der Waals surface area contributed by atoms with Crippen molar-refractivity contribution >= 4 is 17.3 Å². The molecule has 0 amide bonds. The fraction of sp³-hybridized carbons (Fsp3) is 0.600. The molecular formula is C15H24ClNO2. The number of nitrogens with one attached hydrogen (secondary N) is 1. The Morgan fingerprint density at radius 2 is 1.95 bits per heavy atom. The highest BCUT2D eigenvalue weighted by atomic mass is 35.5. The Labute approximate surface area is 120 Å². The first-order chi connectivity index (χ1) is 9.26. The smallest absolute Gasteiger partial charge is 0.119 e. The Kier molecular flexibility index (Phi) is 8.43. The molecule has 0 radical (unpaired) electrons. The van der Waals surface area contributed by atoms with Gasteiger partial charge in [0.25, 0.3) is 0 Å². The van der Waals surface area contributed by atoms with E-state index in [-0.39, 0.29) is 5.88 Å². The van der Waals surface area contributed by atoms with Crippen molar-refractivity contribution in [3.8, 4) is 5.75 Å². The van der Waals surface area contributed by atoms with Crippen molar-refractivity contribution in [3.63, 3.8) is 0 Å². The fourth-order valence-corrected chi connectivity index (χ4v) is 1.79. The third-order valence-electron chi connectivity index (χ3n) is 2.84. The summed E-state index contributed by atoms with van der Waals surface area (Å²) in [5, 5.41) is 12.5. The van der Waals surface area contributed by atoms with Crippen LogP contribution in [0.1, 0.15) is 32.6 Å². The van der Waals surface area contributed by atoms with Gasteiger partial charge in [0.2, 0.25) is 0 Å². The normalized spacial score (nSPS) is 12.2. The molecule has 1 atom stereocenters. The number of hydrogen-bond acceptors (Lipinski definition) is 3. The quantitative estimate of drug-likeness (QED) is 0.509. The molecule has 0 fully saturated rings. The van der Waals surface area contributed by atoms with Gasteiger partial charge >= 0.3 is 0 Å². The summed E-state index contributed by atoms with van der Waals surface area (Å²) >= 11 is 5.53. The van der Waals surface area contributed by atoms with E-state index in [0.717, 1.165) is 24.5 Å². The molecule has 0 aliphatic carbocycles. The van der Waals surface area contributed by atoms with E-state index >= 15 is 0 Å². The maximum atomic E-state index is 9.34. The van der Waals surface area contributed by atoms with Crippen molar-refractivity contribution in [2.45, 2.75) is 38.7 Å². The lowest BCUT2D eigenvalue weighted by Crippen LogP contribution is -2.20. The number of aliphatic hydroxyl groups excluding tert-OH is 1. The molecule has 1 unspecified atom stereocenters. The number of rotatable bonds is 10. The van der Waals surface area contributed by atoms with Crippen LogP contribution in [0.4, 0.5) is 5.69 Å². The van der Waals surface area contributed by atoms with Gasteiger partial charge < -0.3 is 15.2 Å². The first-order valence-electron chi connectivity index (χ1n) is 6.97. The largest absolute Gasteiger partial charge is 0.494 e. The predicted molar refractivity (Wildman–Crippen MR) is 81.3 cm³/mol. The molecule has 0 aromatic heterocycles. The average molecular weight is 286 g/mol. The van der Waals surface area contributed by atoms with E-state index in [1.165, 1.54) is 19.3 Å². The second-order valence-corrected chi connectivity index (χ2v) is 4.93. The van der Waals surface area contributed by atoms with E-state index in [1.807, 2.05) is 24.3 Å². The van der Waals surface area contributed by atoms with Gasteiger partial charge in [0.1, 0.15) is 5.75 Å². The lowest BCUT2D eigenvalue weighted by Gasteiger charge is -2.11. The zero-order valence-electron chi connectivity index (χ0n) is 11.6. The zero-order valence-corrected chi connectivity index (χ0v) is 12.3. The van der Waals surface area contributed by atoms with Crippen molar-refractivity contribution in [1.29, 1.82) is 0 Å². The highest BCUT2D eigenvalue weighted by Gasteiger charge is 2.01. The second-order valence-electron chi connectivity index (χ2n) is 4.62. The van der Waals surface area contributed by atoms with Gasteiger partial charge in [-0.05, 0) is 30.7 Å².